The molecule has 0 saturated carbocycles. The minimum atomic E-state index is -3.99. The molecule has 2 aromatic rings. The van der Waals surface area contributed by atoms with Crippen LogP contribution in [0.5, 0.6) is 0 Å². The van der Waals surface area contributed by atoms with Crippen molar-refractivity contribution in [3.05, 3.63) is 60.2 Å². The minimum Gasteiger partial charge on any atom is -0.383 e. The van der Waals surface area contributed by atoms with E-state index in [4.69, 9.17) is 4.74 Å². The van der Waals surface area contributed by atoms with Crippen molar-refractivity contribution in [2.24, 2.45) is 0 Å². The quantitative estimate of drug-likeness (QED) is 0.375. The van der Waals surface area contributed by atoms with E-state index in [0.29, 0.717) is 5.56 Å². The molecular formula is C18H20FN3O5S. The molecule has 8 nitrogen and oxygen atoms in total. The van der Waals surface area contributed by atoms with E-state index in [-0.39, 0.29) is 24.6 Å². The molecule has 10 heteroatoms. The molecule has 0 unspecified atom stereocenters. The molecule has 0 spiro atoms. The third-order valence-corrected chi connectivity index (χ3v) is 5.94. The zero-order valence-electron chi connectivity index (χ0n) is 15.1. The number of hydrogen-bond acceptors (Lipinski definition) is 6. The highest BCUT2D eigenvalue weighted by molar-refractivity contribution is 7.91. The van der Waals surface area contributed by atoms with Crippen molar-refractivity contribution in [3.8, 4) is 0 Å². The largest absolute Gasteiger partial charge is 0.383 e. The summed E-state index contributed by atoms with van der Waals surface area (Å²) in [5, 5.41) is 3.46. The van der Waals surface area contributed by atoms with E-state index in [9.17, 15) is 22.4 Å². The van der Waals surface area contributed by atoms with E-state index in [1.807, 2.05) is 0 Å². The first-order valence-corrected chi connectivity index (χ1v) is 9.85. The maximum Gasteiger partial charge on any atom is 0.309 e. The van der Waals surface area contributed by atoms with Gasteiger partial charge in [0, 0.05) is 32.6 Å². The van der Waals surface area contributed by atoms with Gasteiger partial charge in [0.25, 0.3) is 0 Å². The summed E-state index contributed by atoms with van der Waals surface area (Å²) < 4.78 is 44.0. The number of amides is 2. The van der Waals surface area contributed by atoms with Crippen LogP contribution in [0.25, 0.3) is 0 Å². The SMILES string of the molecule is COCCNC(=O)C(=O)NC[C@H](c1cccnc1)S(=O)(=O)c1ccc(F)cc1. The molecule has 2 N–H and O–H groups in total. The summed E-state index contributed by atoms with van der Waals surface area (Å²) in [6.45, 7) is 0.0148. The number of nitrogens with one attached hydrogen (secondary N) is 2. The van der Waals surface area contributed by atoms with Crippen molar-refractivity contribution in [1.82, 2.24) is 15.6 Å². The Morgan fingerprint density at radius 1 is 1.14 bits per heavy atom. The smallest absolute Gasteiger partial charge is 0.309 e. The Morgan fingerprint density at radius 2 is 1.82 bits per heavy atom. The topological polar surface area (TPSA) is 114 Å². The molecule has 1 aromatic heterocycles. The van der Waals surface area contributed by atoms with Crippen molar-refractivity contribution in [3.63, 3.8) is 0 Å². The normalized spacial score (nSPS) is 12.2. The van der Waals surface area contributed by atoms with E-state index in [2.05, 4.69) is 15.6 Å². The van der Waals surface area contributed by atoms with Crippen molar-refractivity contribution >= 4 is 21.7 Å². The van der Waals surface area contributed by atoms with Gasteiger partial charge in [-0.25, -0.2) is 12.8 Å². The number of nitrogens with zero attached hydrogens (tertiary/aromatic N) is 1. The second-order valence-electron chi connectivity index (χ2n) is 5.73. The number of halogens is 1. The van der Waals surface area contributed by atoms with E-state index in [1.165, 1.54) is 19.5 Å². The van der Waals surface area contributed by atoms with E-state index in [0.717, 1.165) is 24.3 Å². The second-order valence-corrected chi connectivity index (χ2v) is 7.86. The number of carbonyl (C=O) groups is 2. The number of aromatic nitrogens is 1. The number of methoxy groups -OCH3 is 1. The molecular weight excluding hydrogens is 389 g/mol. The predicted octanol–water partition coefficient (Wildman–Crippen LogP) is 0.615. The van der Waals surface area contributed by atoms with Gasteiger partial charge in [0.1, 0.15) is 11.1 Å². The first-order chi connectivity index (χ1) is 13.4. The lowest BCUT2D eigenvalue weighted by Gasteiger charge is -2.18. The van der Waals surface area contributed by atoms with Gasteiger partial charge in [-0.3, -0.25) is 14.6 Å². The van der Waals surface area contributed by atoms with E-state index in [1.54, 1.807) is 12.1 Å². The number of hydrogen-bond donors (Lipinski definition) is 2. The number of sulfone groups is 1. The van der Waals surface area contributed by atoms with Crippen LogP contribution in [0.15, 0.2) is 53.7 Å². The van der Waals surface area contributed by atoms with Crippen LogP contribution in [0.3, 0.4) is 0 Å². The van der Waals surface area contributed by atoms with Crippen LogP contribution >= 0.6 is 0 Å². The molecule has 1 aromatic carbocycles. The molecule has 2 rings (SSSR count). The third-order valence-electron chi connectivity index (χ3n) is 3.82. The Hall–Kier alpha value is -2.85. The molecule has 1 heterocycles. The lowest BCUT2D eigenvalue weighted by molar-refractivity contribution is -0.139. The number of benzene rings is 1. The fourth-order valence-electron chi connectivity index (χ4n) is 2.37. The van der Waals surface area contributed by atoms with Crippen LogP contribution < -0.4 is 10.6 Å². The van der Waals surface area contributed by atoms with Crippen LogP contribution in [0.2, 0.25) is 0 Å². The fourth-order valence-corrected chi connectivity index (χ4v) is 4.02. The highest BCUT2D eigenvalue weighted by Crippen LogP contribution is 2.28. The Balaban J connectivity index is 2.20. The first kappa shape index (κ1) is 21.5. The van der Waals surface area contributed by atoms with E-state index < -0.39 is 32.7 Å². The average molecular weight is 409 g/mol. The van der Waals surface area contributed by atoms with Crippen molar-refractivity contribution < 1.29 is 27.1 Å². The summed E-state index contributed by atoms with van der Waals surface area (Å²) in [5.41, 5.74) is 0.326. The monoisotopic (exact) mass is 409 g/mol. The van der Waals surface area contributed by atoms with Crippen molar-refractivity contribution in [1.29, 1.82) is 0 Å². The molecule has 2 amide bonds. The molecule has 0 aliphatic carbocycles. The number of pyridine rings is 1. The lowest BCUT2D eigenvalue weighted by atomic mass is 10.2. The highest BCUT2D eigenvalue weighted by Gasteiger charge is 2.30. The lowest BCUT2D eigenvalue weighted by Crippen LogP contribution is -2.43. The van der Waals surface area contributed by atoms with Gasteiger partial charge >= 0.3 is 11.8 Å². The van der Waals surface area contributed by atoms with Crippen molar-refractivity contribution in [2.75, 3.05) is 26.8 Å². The van der Waals surface area contributed by atoms with E-state index >= 15 is 0 Å². The highest BCUT2D eigenvalue weighted by atomic mass is 32.2. The maximum atomic E-state index is 13.2. The first-order valence-electron chi connectivity index (χ1n) is 8.30. The molecule has 0 radical (unpaired) electrons. The van der Waals surface area contributed by atoms with Crippen LogP contribution in [-0.4, -0.2) is 52.0 Å². The van der Waals surface area contributed by atoms with Crippen LogP contribution in [0.4, 0.5) is 4.39 Å². The molecule has 0 aliphatic heterocycles. The summed E-state index contributed by atoms with van der Waals surface area (Å²) in [4.78, 5) is 27.5. The van der Waals surface area contributed by atoms with Gasteiger partial charge in [-0.2, -0.15) is 0 Å². The van der Waals surface area contributed by atoms with Crippen molar-refractivity contribution in [2.45, 2.75) is 10.1 Å². The second kappa shape index (κ2) is 9.90. The zero-order chi connectivity index (χ0) is 20.6. The van der Waals surface area contributed by atoms with Crippen LogP contribution in [0, 0.1) is 5.82 Å². The number of rotatable bonds is 8. The molecule has 0 saturated heterocycles. The summed E-state index contributed by atoms with van der Waals surface area (Å²) in [6.07, 6.45) is 2.84. The van der Waals surface area contributed by atoms with Gasteiger partial charge in [-0.05, 0) is 35.9 Å². The fraction of sp³-hybridized carbons (Fsp3) is 0.278. The Morgan fingerprint density at radius 3 is 2.43 bits per heavy atom. The minimum absolute atomic E-state index is 0.110. The molecule has 28 heavy (non-hydrogen) atoms. The Kier molecular flexibility index (Phi) is 7.59. The summed E-state index contributed by atoms with van der Waals surface area (Å²) in [7, 11) is -2.54. The Labute approximate surface area is 162 Å². The average Bonchev–Trinajstić information content (AvgIpc) is 2.69. The summed E-state index contributed by atoms with van der Waals surface area (Å²) in [5.74, 6) is -2.45. The third kappa shape index (κ3) is 5.57. The predicted molar refractivity (Wildman–Crippen MR) is 98.5 cm³/mol. The number of ether oxygens (including phenoxy) is 1. The molecule has 0 fully saturated rings. The standard InChI is InChI=1S/C18H20FN3O5S/c1-27-10-9-21-17(23)18(24)22-12-16(13-3-2-8-20-11-13)28(25,26)15-6-4-14(19)5-7-15/h2-8,11,16H,9-10,12H2,1H3,(H,21,23)(H,22,24)/t16-/m1/s1. The summed E-state index contributed by atoms with van der Waals surface area (Å²) >= 11 is 0. The van der Waals surface area contributed by atoms with Crippen LogP contribution in [0.1, 0.15) is 10.8 Å². The van der Waals surface area contributed by atoms with Gasteiger partial charge < -0.3 is 15.4 Å². The summed E-state index contributed by atoms with van der Waals surface area (Å²) in [6, 6.07) is 7.47. The van der Waals surface area contributed by atoms with Gasteiger partial charge in [0.05, 0.1) is 11.5 Å². The Bertz CT molecular complexity index is 905. The molecule has 1 atom stereocenters. The molecule has 0 bridgehead atoms. The van der Waals surface area contributed by atoms with Gasteiger partial charge in [-0.1, -0.05) is 6.07 Å². The van der Waals surface area contributed by atoms with Gasteiger partial charge in [-0.15, -0.1) is 0 Å². The van der Waals surface area contributed by atoms with Crippen LogP contribution in [-0.2, 0) is 24.2 Å². The number of carbonyl (C=O) groups excluding carboxylic acids is 2. The van der Waals surface area contributed by atoms with Gasteiger partial charge in [0.15, 0.2) is 9.84 Å². The maximum absolute atomic E-state index is 13.2. The molecule has 0 aliphatic rings. The zero-order valence-corrected chi connectivity index (χ0v) is 15.9. The molecule has 150 valence electrons. The van der Waals surface area contributed by atoms with Gasteiger partial charge in [0.2, 0.25) is 0 Å².